The molecule has 1 heterocycles. The first-order chi connectivity index (χ1) is 15.3. The van der Waals surface area contributed by atoms with E-state index in [0.29, 0.717) is 9.24 Å². The molecule has 4 rings (SSSR count). The Balaban J connectivity index is 1.62. The van der Waals surface area contributed by atoms with E-state index in [0.717, 1.165) is 16.3 Å². The van der Waals surface area contributed by atoms with Gasteiger partial charge < -0.3 is 9.84 Å². The van der Waals surface area contributed by atoms with Gasteiger partial charge in [-0.05, 0) is 42.5 Å². The SMILES string of the molecule is COc1ccc(S(=O)(=O)Nc2ccc(O)c(Sc3nc4ccccc4s3)c2)cc1[N+](=O)[O-]. The number of phenols is 1. The zero-order chi connectivity index (χ0) is 22.9. The number of anilines is 1. The third kappa shape index (κ3) is 4.47. The summed E-state index contributed by atoms with van der Waals surface area (Å²) in [4.78, 5) is 15.1. The molecule has 0 spiro atoms. The number of thiazole rings is 1. The summed E-state index contributed by atoms with van der Waals surface area (Å²) in [6.07, 6.45) is 0. The third-order valence-corrected chi connectivity index (χ3v) is 7.86. The fraction of sp³-hybridized carbons (Fsp3) is 0.0500. The predicted octanol–water partition coefficient (Wildman–Crippen LogP) is 4.87. The lowest BCUT2D eigenvalue weighted by atomic mass is 10.3. The molecule has 0 fully saturated rings. The average Bonchev–Trinajstić information content (AvgIpc) is 3.17. The van der Waals surface area contributed by atoms with Crippen molar-refractivity contribution in [3.8, 4) is 11.5 Å². The second-order valence-electron chi connectivity index (χ2n) is 6.43. The number of nitrogens with zero attached hydrogens (tertiary/aromatic N) is 2. The summed E-state index contributed by atoms with van der Waals surface area (Å²) in [6.45, 7) is 0. The van der Waals surface area contributed by atoms with Crippen molar-refractivity contribution in [1.29, 1.82) is 0 Å². The highest BCUT2D eigenvalue weighted by molar-refractivity contribution is 8.01. The van der Waals surface area contributed by atoms with Crippen molar-refractivity contribution in [2.24, 2.45) is 0 Å². The van der Waals surface area contributed by atoms with Gasteiger partial charge in [-0.25, -0.2) is 13.4 Å². The van der Waals surface area contributed by atoms with Crippen LogP contribution in [0.5, 0.6) is 11.5 Å². The number of hydrogen-bond acceptors (Lipinski definition) is 9. The molecule has 0 amide bonds. The molecule has 12 heteroatoms. The molecule has 9 nitrogen and oxygen atoms in total. The molecule has 2 N–H and O–H groups in total. The van der Waals surface area contributed by atoms with Gasteiger partial charge >= 0.3 is 5.69 Å². The molecule has 0 unspecified atom stereocenters. The predicted molar refractivity (Wildman–Crippen MR) is 122 cm³/mol. The lowest BCUT2D eigenvalue weighted by molar-refractivity contribution is -0.386. The number of fused-ring (bicyclic) bond motifs is 1. The Morgan fingerprint density at radius 3 is 2.66 bits per heavy atom. The second kappa shape index (κ2) is 8.65. The average molecular weight is 490 g/mol. The third-order valence-electron chi connectivity index (χ3n) is 4.34. The number of nitro benzene ring substituents is 1. The Labute approximate surface area is 190 Å². The fourth-order valence-electron chi connectivity index (χ4n) is 2.84. The maximum atomic E-state index is 12.8. The van der Waals surface area contributed by atoms with Crippen LogP contribution in [-0.2, 0) is 10.0 Å². The van der Waals surface area contributed by atoms with E-state index in [1.54, 1.807) is 0 Å². The summed E-state index contributed by atoms with van der Waals surface area (Å²) in [5, 5.41) is 21.4. The highest BCUT2D eigenvalue weighted by Crippen LogP contribution is 2.40. The molecule has 0 aliphatic rings. The van der Waals surface area contributed by atoms with Gasteiger partial charge in [-0.1, -0.05) is 23.9 Å². The minimum absolute atomic E-state index is 0.0303. The first-order valence-electron chi connectivity index (χ1n) is 8.98. The lowest BCUT2D eigenvalue weighted by Gasteiger charge is -2.11. The van der Waals surface area contributed by atoms with Crippen molar-refractivity contribution >= 4 is 54.7 Å². The van der Waals surface area contributed by atoms with Crippen LogP contribution in [0.1, 0.15) is 0 Å². The molecule has 0 atom stereocenters. The van der Waals surface area contributed by atoms with E-state index >= 15 is 0 Å². The second-order valence-corrected chi connectivity index (χ2v) is 10.4. The molecule has 164 valence electrons. The number of rotatable bonds is 7. The quantitative estimate of drug-likeness (QED) is 0.213. The molecule has 3 aromatic carbocycles. The number of ether oxygens (including phenoxy) is 1. The zero-order valence-corrected chi connectivity index (χ0v) is 18.8. The van der Waals surface area contributed by atoms with Crippen molar-refractivity contribution < 1.29 is 23.2 Å². The summed E-state index contributed by atoms with van der Waals surface area (Å²) in [6, 6.07) is 15.2. The maximum Gasteiger partial charge on any atom is 0.312 e. The molecule has 4 aromatic rings. The number of benzene rings is 3. The van der Waals surface area contributed by atoms with Crippen LogP contribution in [0.25, 0.3) is 10.2 Å². The van der Waals surface area contributed by atoms with Crippen LogP contribution in [0.4, 0.5) is 11.4 Å². The zero-order valence-electron chi connectivity index (χ0n) is 16.4. The Morgan fingerprint density at radius 2 is 1.94 bits per heavy atom. The molecule has 1 aromatic heterocycles. The molecular weight excluding hydrogens is 474 g/mol. The van der Waals surface area contributed by atoms with Gasteiger partial charge in [0, 0.05) is 6.07 Å². The Kier molecular flexibility index (Phi) is 5.91. The van der Waals surface area contributed by atoms with Crippen LogP contribution in [-0.4, -0.2) is 30.5 Å². The van der Waals surface area contributed by atoms with Gasteiger partial charge in [0.1, 0.15) is 5.75 Å². The number of sulfonamides is 1. The van der Waals surface area contributed by atoms with Gasteiger partial charge in [0.25, 0.3) is 10.0 Å². The fourth-order valence-corrected chi connectivity index (χ4v) is 6.00. The van der Waals surface area contributed by atoms with Gasteiger partial charge in [0.05, 0.1) is 37.7 Å². The van der Waals surface area contributed by atoms with Gasteiger partial charge in [-0.15, -0.1) is 11.3 Å². The Bertz CT molecular complexity index is 1400. The van der Waals surface area contributed by atoms with Crippen LogP contribution in [0.15, 0.2) is 74.8 Å². The van der Waals surface area contributed by atoms with E-state index in [4.69, 9.17) is 4.74 Å². The first-order valence-corrected chi connectivity index (χ1v) is 12.1. The topological polar surface area (TPSA) is 132 Å². The van der Waals surface area contributed by atoms with E-state index in [1.807, 2.05) is 24.3 Å². The minimum Gasteiger partial charge on any atom is -0.507 e. The largest absolute Gasteiger partial charge is 0.507 e. The summed E-state index contributed by atoms with van der Waals surface area (Å²) >= 11 is 2.65. The summed E-state index contributed by atoms with van der Waals surface area (Å²) < 4.78 is 34.6. The molecule has 0 aliphatic heterocycles. The van der Waals surface area contributed by atoms with Gasteiger partial charge in [0.2, 0.25) is 0 Å². The van der Waals surface area contributed by atoms with E-state index < -0.39 is 20.6 Å². The van der Waals surface area contributed by atoms with Gasteiger partial charge in [0.15, 0.2) is 10.1 Å². The highest BCUT2D eigenvalue weighted by Gasteiger charge is 2.22. The van der Waals surface area contributed by atoms with Crippen LogP contribution < -0.4 is 9.46 Å². The summed E-state index contributed by atoms with van der Waals surface area (Å²) in [7, 11) is -2.87. The molecule has 0 bridgehead atoms. The number of phenolic OH excluding ortho intramolecular Hbond substituents is 1. The number of aromatic hydroxyl groups is 1. The standard InChI is InChI=1S/C20H15N3O6S3/c1-29-17-9-7-13(11-15(17)23(25)26)32(27,28)22-12-6-8-16(24)19(10-12)31-20-21-14-4-2-3-5-18(14)30-20/h2-11,22,24H,1H3. The van der Waals surface area contributed by atoms with Crippen LogP contribution in [0, 0.1) is 10.1 Å². The van der Waals surface area contributed by atoms with Crippen LogP contribution in [0.3, 0.4) is 0 Å². The van der Waals surface area contributed by atoms with Crippen LogP contribution >= 0.6 is 23.1 Å². The molecule has 0 radical (unpaired) electrons. The smallest absolute Gasteiger partial charge is 0.312 e. The van der Waals surface area contributed by atoms with Crippen molar-refractivity contribution in [3.05, 3.63) is 70.8 Å². The number of methoxy groups -OCH3 is 1. The van der Waals surface area contributed by atoms with E-state index in [-0.39, 0.29) is 22.1 Å². The van der Waals surface area contributed by atoms with Gasteiger partial charge in [-0.2, -0.15) is 0 Å². The number of nitro groups is 1. The molecule has 0 aliphatic carbocycles. The number of para-hydroxylation sites is 1. The minimum atomic E-state index is -4.13. The van der Waals surface area contributed by atoms with Crippen molar-refractivity contribution in [2.45, 2.75) is 14.1 Å². The number of nitrogens with one attached hydrogen (secondary N) is 1. The maximum absolute atomic E-state index is 12.8. The number of aromatic nitrogens is 1. The van der Waals surface area contributed by atoms with E-state index in [1.165, 1.54) is 60.5 Å². The molecule has 0 saturated carbocycles. The number of hydrogen-bond donors (Lipinski definition) is 2. The molecule has 32 heavy (non-hydrogen) atoms. The van der Waals surface area contributed by atoms with Crippen molar-refractivity contribution in [2.75, 3.05) is 11.8 Å². The van der Waals surface area contributed by atoms with E-state index in [2.05, 4.69) is 9.71 Å². The Hall–Kier alpha value is -3.35. The summed E-state index contributed by atoms with van der Waals surface area (Å²) in [5.41, 5.74) is 0.551. The first kappa shape index (κ1) is 21.9. The normalized spacial score (nSPS) is 11.4. The lowest BCUT2D eigenvalue weighted by Crippen LogP contribution is -2.13. The monoisotopic (exact) mass is 489 g/mol. The molecule has 0 saturated heterocycles. The highest BCUT2D eigenvalue weighted by atomic mass is 32.2. The van der Waals surface area contributed by atoms with Gasteiger partial charge in [-0.3, -0.25) is 14.8 Å². The van der Waals surface area contributed by atoms with Crippen LogP contribution in [0.2, 0.25) is 0 Å². The summed E-state index contributed by atoms with van der Waals surface area (Å²) in [5.74, 6) is -0.0783. The Morgan fingerprint density at radius 1 is 1.16 bits per heavy atom. The van der Waals surface area contributed by atoms with Crippen molar-refractivity contribution in [3.63, 3.8) is 0 Å². The van der Waals surface area contributed by atoms with Crippen molar-refractivity contribution in [1.82, 2.24) is 4.98 Å². The molecular formula is C20H15N3O6S3. The van der Waals surface area contributed by atoms with E-state index in [9.17, 15) is 23.6 Å².